The van der Waals surface area contributed by atoms with E-state index >= 15 is 0 Å². The third-order valence-corrected chi connectivity index (χ3v) is 5.90. The highest BCUT2D eigenvalue weighted by molar-refractivity contribution is 6.46. The molecule has 3 aromatic carbocycles. The van der Waals surface area contributed by atoms with E-state index in [1.165, 1.54) is 12.1 Å². The van der Waals surface area contributed by atoms with Crippen LogP contribution < -0.4 is 10.2 Å². The zero-order valence-corrected chi connectivity index (χ0v) is 19.6. The van der Waals surface area contributed by atoms with Crippen molar-refractivity contribution in [1.82, 2.24) is 0 Å². The van der Waals surface area contributed by atoms with Gasteiger partial charge in [-0.3, -0.25) is 9.59 Å². The summed E-state index contributed by atoms with van der Waals surface area (Å²) in [5.41, 5.74) is 4.09. The lowest BCUT2D eigenvalue weighted by molar-refractivity contribution is -0.120. The van der Waals surface area contributed by atoms with Gasteiger partial charge in [-0.05, 0) is 53.8 Å². The van der Waals surface area contributed by atoms with Crippen molar-refractivity contribution in [2.24, 2.45) is 0 Å². The Kier molecular flexibility index (Phi) is 5.85. The number of hydrogen-bond acceptors (Lipinski definition) is 3. The number of nitrogens with one attached hydrogen (secondary N) is 1. The second-order valence-electron chi connectivity index (χ2n) is 9.11. The van der Waals surface area contributed by atoms with Crippen LogP contribution in [0.1, 0.15) is 37.5 Å². The van der Waals surface area contributed by atoms with Crippen molar-refractivity contribution in [3.63, 3.8) is 0 Å². The maximum absolute atomic E-state index is 13.7. The number of anilines is 2. The van der Waals surface area contributed by atoms with Crippen molar-refractivity contribution in [1.29, 1.82) is 0 Å². The smallest absolute Gasteiger partial charge is 0.282 e. The van der Waals surface area contributed by atoms with Crippen molar-refractivity contribution in [3.8, 4) is 0 Å². The number of halogens is 2. The van der Waals surface area contributed by atoms with E-state index in [1.54, 1.807) is 12.1 Å². The minimum absolute atomic E-state index is 0.0113. The van der Waals surface area contributed by atoms with Crippen LogP contribution in [0.5, 0.6) is 0 Å². The molecule has 0 unspecified atom stereocenters. The first-order valence-corrected chi connectivity index (χ1v) is 11.0. The van der Waals surface area contributed by atoms with Gasteiger partial charge in [0.1, 0.15) is 11.5 Å². The van der Waals surface area contributed by atoms with E-state index in [2.05, 4.69) is 26.1 Å². The van der Waals surface area contributed by atoms with Gasteiger partial charge in [0.2, 0.25) is 0 Å². The molecular formula is C27H24ClFN2O2. The number of carbonyl (C=O) groups excluding carboxylic acids is 2. The first-order chi connectivity index (χ1) is 15.6. The van der Waals surface area contributed by atoms with Crippen LogP contribution >= 0.6 is 11.6 Å². The Hall–Kier alpha value is -3.44. The number of nitrogens with zero attached hydrogens (tertiary/aromatic N) is 1. The Bertz CT molecular complexity index is 1270. The molecule has 1 heterocycles. The number of benzene rings is 3. The molecule has 0 atom stereocenters. The minimum atomic E-state index is -0.622. The number of rotatable bonds is 4. The van der Waals surface area contributed by atoms with Crippen LogP contribution in [0, 0.1) is 12.7 Å². The average Bonchev–Trinajstić information content (AvgIpc) is 3.00. The molecule has 0 spiro atoms. The summed E-state index contributed by atoms with van der Waals surface area (Å²) in [6, 6.07) is 18.9. The summed E-state index contributed by atoms with van der Waals surface area (Å²) in [5, 5.41) is 2.99. The lowest BCUT2D eigenvalue weighted by Gasteiger charge is -2.19. The molecule has 4 rings (SSSR count). The third kappa shape index (κ3) is 4.41. The van der Waals surface area contributed by atoms with Crippen molar-refractivity contribution >= 4 is 40.4 Å². The van der Waals surface area contributed by atoms with Crippen molar-refractivity contribution in [3.05, 3.63) is 100.0 Å². The van der Waals surface area contributed by atoms with E-state index in [1.807, 2.05) is 43.3 Å². The van der Waals surface area contributed by atoms with Gasteiger partial charge >= 0.3 is 0 Å². The maximum Gasteiger partial charge on any atom is 0.282 e. The molecule has 0 fully saturated rings. The third-order valence-electron chi connectivity index (χ3n) is 5.61. The highest BCUT2D eigenvalue weighted by Crippen LogP contribution is 2.35. The second-order valence-corrected chi connectivity index (χ2v) is 9.52. The number of imide groups is 1. The summed E-state index contributed by atoms with van der Waals surface area (Å²) in [5.74, 6) is -1.65. The van der Waals surface area contributed by atoms with Crippen LogP contribution in [0.3, 0.4) is 0 Å². The molecule has 4 nitrogen and oxygen atoms in total. The second kappa shape index (κ2) is 8.49. The topological polar surface area (TPSA) is 49.4 Å². The van der Waals surface area contributed by atoms with Crippen LogP contribution in [0.25, 0.3) is 5.57 Å². The zero-order valence-electron chi connectivity index (χ0n) is 18.9. The molecular weight excluding hydrogens is 439 g/mol. The lowest BCUT2D eigenvalue weighted by Crippen LogP contribution is -2.32. The van der Waals surface area contributed by atoms with Crippen molar-refractivity contribution in [2.75, 3.05) is 10.2 Å². The van der Waals surface area contributed by atoms with Crippen LogP contribution in [-0.2, 0) is 15.0 Å². The first-order valence-electron chi connectivity index (χ1n) is 10.6. The Balaban J connectivity index is 1.78. The molecule has 168 valence electrons. The molecule has 2 amide bonds. The van der Waals surface area contributed by atoms with Crippen molar-refractivity contribution in [2.45, 2.75) is 33.1 Å². The van der Waals surface area contributed by atoms with Crippen LogP contribution in [0.15, 0.2) is 72.4 Å². The monoisotopic (exact) mass is 462 g/mol. The molecule has 0 radical (unpaired) electrons. The van der Waals surface area contributed by atoms with E-state index in [0.717, 1.165) is 22.1 Å². The summed E-state index contributed by atoms with van der Waals surface area (Å²) < 4.78 is 13.7. The van der Waals surface area contributed by atoms with E-state index in [4.69, 9.17) is 11.6 Å². The van der Waals surface area contributed by atoms with Gasteiger partial charge in [-0.1, -0.05) is 74.3 Å². The highest BCUT2D eigenvalue weighted by atomic mass is 35.5. The maximum atomic E-state index is 13.7. The van der Waals surface area contributed by atoms with Crippen LogP contribution in [0.4, 0.5) is 15.8 Å². The number of carbonyl (C=O) groups is 2. The van der Waals surface area contributed by atoms with Gasteiger partial charge in [-0.2, -0.15) is 0 Å². The molecule has 0 saturated heterocycles. The van der Waals surface area contributed by atoms with Crippen molar-refractivity contribution < 1.29 is 14.0 Å². The quantitative estimate of drug-likeness (QED) is 0.451. The fraction of sp³-hybridized carbons (Fsp3) is 0.185. The molecule has 3 aromatic rings. The average molecular weight is 463 g/mol. The summed E-state index contributed by atoms with van der Waals surface area (Å²) in [4.78, 5) is 27.9. The van der Waals surface area contributed by atoms with Gasteiger partial charge in [-0.25, -0.2) is 9.29 Å². The van der Waals surface area contributed by atoms with Gasteiger partial charge in [0.25, 0.3) is 11.8 Å². The Labute approximate surface area is 197 Å². The summed E-state index contributed by atoms with van der Waals surface area (Å²) in [6.45, 7) is 8.32. The fourth-order valence-electron chi connectivity index (χ4n) is 3.69. The largest absolute Gasteiger partial charge is 0.350 e. The Morgan fingerprint density at radius 2 is 1.52 bits per heavy atom. The van der Waals surface area contributed by atoms with E-state index < -0.39 is 17.6 Å². The molecule has 1 aliphatic heterocycles. The fourth-order valence-corrected chi connectivity index (χ4v) is 3.87. The van der Waals surface area contributed by atoms with E-state index in [9.17, 15) is 14.0 Å². The molecule has 0 bridgehead atoms. The molecule has 0 aliphatic carbocycles. The summed E-state index contributed by atoms with van der Waals surface area (Å²) in [6.07, 6.45) is 0. The van der Waals surface area contributed by atoms with Gasteiger partial charge in [-0.15, -0.1) is 0 Å². The molecule has 6 heteroatoms. The molecule has 1 aliphatic rings. The van der Waals surface area contributed by atoms with Crippen LogP contribution in [-0.4, -0.2) is 11.8 Å². The van der Waals surface area contributed by atoms with E-state index in [-0.39, 0.29) is 27.4 Å². The molecule has 33 heavy (non-hydrogen) atoms. The van der Waals surface area contributed by atoms with Gasteiger partial charge in [0, 0.05) is 5.69 Å². The number of aryl methyl sites for hydroxylation is 1. The van der Waals surface area contributed by atoms with Gasteiger partial charge in [0.05, 0.1) is 16.3 Å². The lowest BCUT2D eigenvalue weighted by atomic mass is 9.87. The highest BCUT2D eigenvalue weighted by Gasteiger charge is 2.40. The predicted octanol–water partition coefficient (Wildman–Crippen LogP) is 6.48. The van der Waals surface area contributed by atoms with E-state index in [0.29, 0.717) is 11.3 Å². The summed E-state index contributed by atoms with van der Waals surface area (Å²) >= 11 is 5.92. The standard InChI is InChI=1S/C27H24ClFN2O2/c1-16-5-7-17(8-6-16)23-24(30-19-11-9-18(10-12-19)27(2,3)4)26(33)31(25(23)32)20-13-14-22(29)21(28)15-20/h5-15,30H,1-4H3. The number of hydrogen-bond donors (Lipinski definition) is 1. The predicted molar refractivity (Wildman–Crippen MR) is 131 cm³/mol. The first kappa shape index (κ1) is 22.7. The van der Waals surface area contributed by atoms with Gasteiger partial charge < -0.3 is 5.32 Å². The normalized spacial score (nSPS) is 14.3. The Morgan fingerprint density at radius 1 is 0.879 bits per heavy atom. The molecule has 0 saturated carbocycles. The summed E-state index contributed by atoms with van der Waals surface area (Å²) in [7, 11) is 0. The number of amides is 2. The molecule has 1 N–H and O–H groups in total. The van der Waals surface area contributed by atoms with Crippen LogP contribution in [0.2, 0.25) is 5.02 Å². The van der Waals surface area contributed by atoms with Gasteiger partial charge in [0.15, 0.2) is 0 Å². The SMILES string of the molecule is Cc1ccc(C2=C(Nc3ccc(C(C)(C)C)cc3)C(=O)N(c3ccc(F)c(Cl)c3)C2=O)cc1. The zero-order chi connectivity index (χ0) is 23.9. The Morgan fingerprint density at radius 3 is 2.09 bits per heavy atom. The molecule has 0 aromatic heterocycles. The minimum Gasteiger partial charge on any atom is -0.350 e.